The highest BCUT2D eigenvalue weighted by Crippen LogP contribution is 2.25. The van der Waals surface area contributed by atoms with Gasteiger partial charge < -0.3 is 19.6 Å². The van der Waals surface area contributed by atoms with Gasteiger partial charge in [0.15, 0.2) is 0 Å². The lowest BCUT2D eigenvalue weighted by molar-refractivity contribution is -0.0611. The molecule has 0 aliphatic heterocycles. The third kappa shape index (κ3) is 702. The summed E-state index contributed by atoms with van der Waals surface area (Å²) in [6, 6.07) is 0. The summed E-state index contributed by atoms with van der Waals surface area (Å²) in [5.74, 6) is 0. The van der Waals surface area contributed by atoms with Crippen LogP contribution in [0.25, 0.3) is 0 Å². The van der Waals surface area contributed by atoms with Gasteiger partial charge in [-0.25, -0.2) is 4.57 Å². The Morgan fingerprint density at radius 1 is 1.56 bits per heavy atom. The molecule has 0 bridgehead atoms. The van der Waals surface area contributed by atoms with Gasteiger partial charge in [-0.3, -0.25) is 0 Å². The number of hydrogen-bond acceptors (Lipinski definition) is 2. The molecule has 3 N–H and O–H groups in total. The molecule has 0 aliphatic carbocycles. The Labute approximate surface area is 50.5 Å². The zero-order valence-electron chi connectivity index (χ0n) is 4.27. The summed E-state index contributed by atoms with van der Waals surface area (Å²) in [7, 11) is -4.64. The first-order valence-corrected chi connectivity index (χ1v) is 3.15. The molecule has 0 atom stereocenters. The van der Waals surface area contributed by atoms with Gasteiger partial charge in [-0.05, 0) is 0 Å². The summed E-state index contributed by atoms with van der Waals surface area (Å²) in [6.07, 6.45) is 0.708. The Kier molecular flexibility index (Phi) is 7.23. The van der Waals surface area contributed by atoms with Crippen LogP contribution in [0, 0.1) is 0 Å². The van der Waals surface area contributed by atoms with Crippen molar-refractivity contribution in [2.24, 2.45) is 0 Å². The molecule has 7 heteroatoms. The van der Waals surface area contributed by atoms with Crippen LogP contribution >= 0.6 is 7.82 Å². The van der Waals surface area contributed by atoms with E-state index in [0.29, 0.717) is 6.26 Å². The molecule has 0 aliphatic rings. The van der Waals surface area contributed by atoms with Crippen molar-refractivity contribution in [1.82, 2.24) is 0 Å². The molecule has 56 valence electrons. The molecule has 0 amide bonds. The van der Waals surface area contributed by atoms with Crippen molar-refractivity contribution in [3.63, 3.8) is 0 Å². The van der Waals surface area contributed by atoms with E-state index in [9.17, 15) is 4.53 Å². The average molecular weight is 160 g/mol. The highest BCUT2D eigenvalue weighted by molar-refractivity contribution is 7.45. The number of phosphoric acid groups is 1. The van der Waals surface area contributed by atoms with E-state index in [0.717, 1.165) is 0 Å². The second-order valence-corrected chi connectivity index (χ2v) is 1.80. The van der Waals surface area contributed by atoms with Gasteiger partial charge in [-0.2, -0.15) is 0 Å². The van der Waals surface area contributed by atoms with Crippen molar-refractivity contribution in [2.75, 3.05) is 0 Å². The van der Waals surface area contributed by atoms with Crippen molar-refractivity contribution >= 4 is 7.82 Å². The summed E-state index contributed by atoms with van der Waals surface area (Å²) in [4.78, 5) is 24.4. The second kappa shape index (κ2) is 5.71. The van der Waals surface area contributed by atoms with Gasteiger partial charge in [0.1, 0.15) is 6.26 Å². The molecule has 0 saturated carbocycles. The van der Waals surface area contributed by atoms with Crippen LogP contribution in [0.4, 0.5) is 4.53 Å². The molecule has 0 aromatic heterocycles. The standard InChI is InChI=1S/C2H3FO.H3O4P/c1-2-4-3;1-5(2,3)4/h2H,1H2;(H3,1,2,3,4). The molecule has 0 saturated heterocycles. The van der Waals surface area contributed by atoms with E-state index in [1.807, 2.05) is 0 Å². The fraction of sp³-hybridized carbons (Fsp3) is 0. The third-order valence-electron chi connectivity index (χ3n) is 0.0630. The summed E-state index contributed by atoms with van der Waals surface area (Å²) in [6.45, 7) is 2.88. The Morgan fingerprint density at radius 3 is 1.67 bits per heavy atom. The first-order chi connectivity index (χ1) is 3.91. The van der Waals surface area contributed by atoms with Crippen molar-refractivity contribution in [2.45, 2.75) is 0 Å². The molecular formula is C2H6FO5P. The SMILES string of the molecule is C=COF.O=P(O)(O)O. The highest BCUT2D eigenvalue weighted by atomic mass is 31.2. The second-order valence-electron chi connectivity index (χ2n) is 0.769. The average Bonchev–Trinajstić information content (AvgIpc) is 1.61. The molecule has 0 unspecified atom stereocenters. The molecule has 0 heterocycles. The van der Waals surface area contributed by atoms with Crippen LogP contribution in [0.2, 0.25) is 0 Å². The van der Waals surface area contributed by atoms with Gasteiger partial charge in [0.05, 0.1) is 0 Å². The van der Waals surface area contributed by atoms with E-state index in [-0.39, 0.29) is 0 Å². The largest absolute Gasteiger partial charge is 0.466 e. The maximum absolute atomic E-state index is 10.1. The van der Waals surface area contributed by atoms with Gasteiger partial charge in [0.2, 0.25) is 0 Å². The van der Waals surface area contributed by atoms with Crippen LogP contribution in [-0.2, 0) is 9.51 Å². The first-order valence-electron chi connectivity index (χ1n) is 1.58. The minimum atomic E-state index is -4.64. The monoisotopic (exact) mass is 160 g/mol. The summed E-state index contributed by atoms with van der Waals surface area (Å²) in [5, 5.41) is 0. The highest BCUT2D eigenvalue weighted by Gasteiger charge is 2.00. The third-order valence-corrected chi connectivity index (χ3v) is 0.0630. The van der Waals surface area contributed by atoms with Crippen LogP contribution in [0.5, 0.6) is 0 Å². The van der Waals surface area contributed by atoms with Crippen LogP contribution in [0.3, 0.4) is 0 Å². The van der Waals surface area contributed by atoms with Crippen molar-refractivity contribution < 1.29 is 28.7 Å². The topological polar surface area (TPSA) is 87.0 Å². The van der Waals surface area contributed by atoms with Crippen LogP contribution in [-0.4, -0.2) is 14.7 Å². The van der Waals surface area contributed by atoms with Crippen molar-refractivity contribution in [3.8, 4) is 0 Å². The van der Waals surface area contributed by atoms with Crippen molar-refractivity contribution in [3.05, 3.63) is 12.8 Å². The minimum absolute atomic E-state index is 0.708. The molecule has 5 nitrogen and oxygen atoms in total. The van der Waals surface area contributed by atoms with E-state index in [1.165, 1.54) is 0 Å². The zero-order valence-corrected chi connectivity index (χ0v) is 5.16. The smallest absolute Gasteiger partial charge is 0.303 e. The fourth-order valence-corrected chi connectivity index (χ4v) is 0. The lowest BCUT2D eigenvalue weighted by atomic mass is 11.2. The van der Waals surface area contributed by atoms with Gasteiger partial charge in [0, 0.05) is 4.53 Å². The molecule has 0 radical (unpaired) electrons. The molecule has 0 rings (SSSR count). The molecule has 0 spiro atoms. The van der Waals surface area contributed by atoms with Crippen LogP contribution in [0.15, 0.2) is 12.8 Å². The maximum Gasteiger partial charge on any atom is 0.466 e. The number of hydrogen-bond donors (Lipinski definition) is 3. The summed E-state index contributed by atoms with van der Waals surface area (Å²) >= 11 is 0. The molecule has 0 fully saturated rings. The molecule has 9 heavy (non-hydrogen) atoms. The normalized spacial score (nSPS) is 8.89. The minimum Gasteiger partial charge on any atom is -0.303 e. The molecule has 0 aromatic rings. The van der Waals surface area contributed by atoms with Gasteiger partial charge >= 0.3 is 7.82 Å². The van der Waals surface area contributed by atoms with Gasteiger partial charge in [0.25, 0.3) is 0 Å². The van der Waals surface area contributed by atoms with Gasteiger partial charge in [-0.1, -0.05) is 6.58 Å². The van der Waals surface area contributed by atoms with E-state index < -0.39 is 7.82 Å². The quantitative estimate of drug-likeness (QED) is 0.374. The Bertz CT molecular complexity index is 99.3. The number of halogens is 1. The van der Waals surface area contributed by atoms with Crippen LogP contribution in [0.1, 0.15) is 0 Å². The van der Waals surface area contributed by atoms with E-state index >= 15 is 0 Å². The Morgan fingerprint density at radius 2 is 1.67 bits per heavy atom. The number of rotatable bonds is 1. The first kappa shape index (κ1) is 11.4. The molecule has 0 aromatic carbocycles. The predicted molar refractivity (Wildman–Crippen MR) is 26.7 cm³/mol. The van der Waals surface area contributed by atoms with Crippen LogP contribution < -0.4 is 0 Å². The Balaban J connectivity index is 0. The summed E-state index contributed by atoms with van der Waals surface area (Å²) < 4.78 is 19.0. The van der Waals surface area contributed by atoms with Crippen molar-refractivity contribution in [1.29, 1.82) is 0 Å². The maximum atomic E-state index is 10.1. The van der Waals surface area contributed by atoms with Gasteiger partial charge in [-0.15, -0.1) is 0 Å². The predicted octanol–water partition coefficient (Wildman–Crippen LogP) is 0.102. The lowest BCUT2D eigenvalue weighted by Gasteiger charge is -1.82. The lowest BCUT2D eigenvalue weighted by Crippen LogP contribution is -1.66. The van der Waals surface area contributed by atoms with E-state index in [1.54, 1.807) is 0 Å². The Hall–Kier alpha value is -0.420. The molecular weight excluding hydrogens is 154 g/mol. The zero-order chi connectivity index (χ0) is 7.91. The fourth-order valence-electron chi connectivity index (χ4n) is 0. The summed E-state index contributed by atoms with van der Waals surface area (Å²) in [5.41, 5.74) is 0. The van der Waals surface area contributed by atoms with E-state index in [4.69, 9.17) is 19.2 Å². The van der Waals surface area contributed by atoms with E-state index in [2.05, 4.69) is 11.5 Å².